The molecule has 0 fully saturated rings. The second kappa shape index (κ2) is 5.86. The third kappa shape index (κ3) is 1.77. The van der Waals surface area contributed by atoms with Crippen molar-refractivity contribution in [3.63, 3.8) is 0 Å². The zero-order chi connectivity index (χ0) is 25.4. The summed E-state index contributed by atoms with van der Waals surface area (Å²) in [6.45, 7) is 0. The van der Waals surface area contributed by atoms with Gasteiger partial charge in [-0.05, 0) is 131 Å². The molecular weight excluding hydrogens is 480 g/mol. The van der Waals surface area contributed by atoms with Gasteiger partial charge >= 0.3 is 0 Å². The van der Waals surface area contributed by atoms with E-state index in [-0.39, 0.29) is 0 Å². The van der Waals surface area contributed by atoms with Crippen LogP contribution < -0.4 is 0 Å². The molecule has 0 amide bonds. The standard InChI is InChI=1S/C40H18/c1-3-7-26-24(5-1)28-16-15-22-17-21-13-11-19-9-10-20-12-14-23-18-29-25-6-2-4-8-27(25)35(26)40-36(28)34(22)38-32(21)30(19)31(20)33(23)39(38)37(29)40/h1-18H. The van der Waals surface area contributed by atoms with Crippen molar-refractivity contribution in [1.82, 2.24) is 0 Å². The van der Waals surface area contributed by atoms with E-state index in [0.29, 0.717) is 0 Å². The van der Waals surface area contributed by atoms with E-state index in [1.54, 1.807) is 0 Å². The van der Waals surface area contributed by atoms with Crippen molar-refractivity contribution in [2.45, 2.75) is 0 Å². The Morgan fingerprint density at radius 2 is 0.575 bits per heavy atom. The summed E-state index contributed by atoms with van der Waals surface area (Å²) in [6, 6.07) is 41.9. The molecule has 0 unspecified atom stereocenters. The smallest absolute Gasteiger partial charge is 0.0000699 e. The minimum Gasteiger partial charge on any atom is -0.0616 e. The Labute approximate surface area is 227 Å². The lowest BCUT2D eigenvalue weighted by Gasteiger charge is -2.27. The molecule has 0 saturated carbocycles. The first-order valence-corrected chi connectivity index (χ1v) is 14.2. The lowest BCUT2D eigenvalue weighted by molar-refractivity contribution is 1.80. The Hall–Kier alpha value is -5.20. The molecule has 0 heteroatoms. The van der Waals surface area contributed by atoms with Crippen molar-refractivity contribution < 1.29 is 0 Å². The van der Waals surface area contributed by atoms with E-state index in [2.05, 4.69) is 109 Å². The zero-order valence-corrected chi connectivity index (χ0v) is 21.4. The number of rotatable bonds is 0. The predicted octanol–water partition coefficient (Wildman–Crippen LogP) is 11.6. The summed E-state index contributed by atoms with van der Waals surface area (Å²) < 4.78 is 0. The van der Waals surface area contributed by atoms with Gasteiger partial charge in [-0.15, -0.1) is 0 Å². The van der Waals surface area contributed by atoms with Crippen LogP contribution in [0.4, 0.5) is 0 Å². The van der Waals surface area contributed by atoms with Crippen LogP contribution in [-0.2, 0) is 0 Å². The van der Waals surface area contributed by atoms with Crippen LogP contribution in [0.2, 0.25) is 0 Å². The Morgan fingerprint density at radius 1 is 0.200 bits per heavy atom. The molecule has 0 heterocycles. The van der Waals surface area contributed by atoms with Gasteiger partial charge in [-0.1, -0.05) is 97.1 Å². The SMILES string of the molecule is c1ccc2c(c1)c1ccc3cc4ccc5ccc6ccc7cc8c9ccccc9c2c2c1c3c1c4c5c6c7c1c82. The number of hydrogen-bond donors (Lipinski definition) is 0. The van der Waals surface area contributed by atoms with Gasteiger partial charge in [0.15, 0.2) is 0 Å². The topological polar surface area (TPSA) is 0 Å². The highest BCUT2D eigenvalue weighted by molar-refractivity contribution is 6.57. The summed E-state index contributed by atoms with van der Waals surface area (Å²) in [6.07, 6.45) is 0. The van der Waals surface area contributed by atoms with Crippen molar-refractivity contribution in [1.29, 1.82) is 0 Å². The van der Waals surface area contributed by atoms with Crippen LogP contribution in [0.15, 0.2) is 109 Å². The van der Waals surface area contributed by atoms with Crippen LogP contribution in [0.3, 0.4) is 0 Å². The Kier molecular flexibility index (Phi) is 2.77. The van der Waals surface area contributed by atoms with Crippen LogP contribution in [-0.4, -0.2) is 0 Å². The molecule has 0 atom stereocenters. The molecule has 0 radical (unpaired) electrons. The van der Waals surface area contributed by atoms with Gasteiger partial charge in [0.1, 0.15) is 0 Å². The van der Waals surface area contributed by atoms with Crippen LogP contribution in [0, 0.1) is 0 Å². The highest BCUT2D eigenvalue weighted by Gasteiger charge is 2.28. The van der Waals surface area contributed by atoms with Gasteiger partial charge in [0.25, 0.3) is 0 Å². The number of fused-ring (bicyclic) bond motifs is 6. The first-order valence-electron chi connectivity index (χ1n) is 14.2. The van der Waals surface area contributed by atoms with Gasteiger partial charge in [0.05, 0.1) is 0 Å². The van der Waals surface area contributed by atoms with Gasteiger partial charge < -0.3 is 0 Å². The molecule has 12 rings (SSSR count). The average molecular weight is 499 g/mol. The highest BCUT2D eigenvalue weighted by Crippen LogP contribution is 2.57. The first-order chi connectivity index (χ1) is 19.9. The third-order valence-corrected chi connectivity index (χ3v) is 10.3. The maximum atomic E-state index is 2.49. The molecule has 0 bridgehead atoms. The molecule has 0 N–H and O–H groups in total. The second-order valence-corrected chi connectivity index (χ2v) is 11.9. The lowest BCUT2D eigenvalue weighted by atomic mass is 9.75. The van der Waals surface area contributed by atoms with E-state index >= 15 is 0 Å². The van der Waals surface area contributed by atoms with Crippen LogP contribution in [0.25, 0.3) is 118 Å². The van der Waals surface area contributed by atoms with Crippen molar-refractivity contribution in [2.75, 3.05) is 0 Å². The van der Waals surface area contributed by atoms with Gasteiger partial charge in [0, 0.05) is 0 Å². The molecule has 40 heavy (non-hydrogen) atoms. The molecule has 0 nitrogen and oxygen atoms in total. The minimum atomic E-state index is 1.34. The maximum absolute atomic E-state index is 2.49. The Bertz CT molecular complexity index is 3010. The maximum Gasteiger partial charge on any atom is -0.0000699 e. The van der Waals surface area contributed by atoms with E-state index in [0.717, 1.165) is 0 Å². The van der Waals surface area contributed by atoms with Gasteiger partial charge in [-0.3, -0.25) is 0 Å². The normalized spacial score (nSPS) is 13.5. The van der Waals surface area contributed by atoms with Gasteiger partial charge in [-0.25, -0.2) is 0 Å². The van der Waals surface area contributed by atoms with Crippen LogP contribution in [0.1, 0.15) is 0 Å². The molecule has 178 valence electrons. The van der Waals surface area contributed by atoms with Crippen molar-refractivity contribution in [3.8, 4) is 0 Å². The molecule has 12 aromatic rings. The molecule has 0 aromatic heterocycles. The van der Waals surface area contributed by atoms with Crippen LogP contribution in [0.5, 0.6) is 0 Å². The summed E-state index contributed by atoms with van der Waals surface area (Å²) in [5.74, 6) is 0. The van der Waals surface area contributed by atoms with E-state index in [1.807, 2.05) is 0 Å². The molecule has 0 aliphatic carbocycles. The molecule has 0 aliphatic heterocycles. The summed E-state index contributed by atoms with van der Waals surface area (Å²) in [4.78, 5) is 0. The first kappa shape index (κ1) is 19.0. The molecular formula is C40H18. The quantitative estimate of drug-likeness (QED) is 0.144. The molecule has 0 spiro atoms. The van der Waals surface area contributed by atoms with Gasteiger partial charge in [-0.2, -0.15) is 0 Å². The molecule has 12 aromatic carbocycles. The summed E-state index contributed by atoms with van der Waals surface area (Å²) in [7, 11) is 0. The minimum absolute atomic E-state index is 1.34. The fraction of sp³-hybridized carbons (Fsp3) is 0. The summed E-state index contributed by atoms with van der Waals surface area (Å²) >= 11 is 0. The average Bonchev–Trinajstić information content (AvgIpc) is 3.02. The molecule has 0 aliphatic rings. The van der Waals surface area contributed by atoms with Gasteiger partial charge in [0.2, 0.25) is 0 Å². The number of benzene rings is 12. The van der Waals surface area contributed by atoms with Crippen molar-refractivity contribution >= 4 is 118 Å². The van der Waals surface area contributed by atoms with Crippen molar-refractivity contribution in [3.05, 3.63) is 109 Å². The van der Waals surface area contributed by atoms with E-state index < -0.39 is 0 Å². The van der Waals surface area contributed by atoms with Crippen LogP contribution >= 0.6 is 0 Å². The summed E-state index contributed by atoms with van der Waals surface area (Å²) in [5, 5.41) is 30.8. The lowest BCUT2D eigenvalue weighted by Crippen LogP contribution is -1.98. The monoisotopic (exact) mass is 498 g/mol. The second-order valence-electron chi connectivity index (χ2n) is 11.9. The Morgan fingerprint density at radius 3 is 1.23 bits per heavy atom. The van der Waals surface area contributed by atoms with E-state index in [4.69, 9.17) is 0 Å². The number of hydrogen-bond acceptors (Lipinski definition) is 0. The van der Waals surface area contributed by atoms with E-state index in [1.165, 1.54) is 118 Å². The van der Waals surface area contributed by atoms with E-state index in [9.17, 15) is 0 Å². The zero-order valence-electron chi connectivity index (χ0n) is 21.4. The Balaban J connectivity index is 1.65. The third-order valence-electron chi connectivity index (χ3n) is 10.3. The van der Waals surface area contributed by atoms with Crippen molar-refractivity contribution in [2.24, 2.45) is 0 Å². The fourth-order valence-electron chi connectivity index (χ4n) is 8.95. The molecule has 0 saturated heterocycles. The fourth-order valence-corrected chi connectivity index (χ4v) is 8.95. The predicted molar refractivity (Wildman–Crippen MR) is 175 cm³/mol. The highest BCUT2D eigenvalue weighted by atomic mass is 14.3. The summed E-state index contributed by atoms with van der Waals surface area (Å²) in [5.41, 5.74) is 0. The largest absolute Gasteiger partial charge is 0.0616 e.